The predicted molar refractivity (Wildman–Crippen MR) is 123 cm³/mol. The summed E-state index contributed by atoms with van der Waals surface area (Å²) < 4.78 is 5.59. The number of ether oxygens (including phenoxy) is 1. The maximum absolute atomic E-state index is 8.73. The molecule has 1 aliphatic heterocycles. The molecule has 2 aromatic carbocycles. The molecule has 3 heterocycles. The van der Waals surface area contributed by atoms with Gasteiger partial charge < -0.3 is 14.8 Å². The fourth-order valence-electron chi connectivity index (χ4n) is 3.56. The van der Waals surface area contributed by atoms with Crippen molar-refractivity contribution in [3.05, 3.63) is 70.5 Å². The lowest BCUT2D eigenvalue weighted by atomic mass is 10.0. The number of hydrogen-bond donors (Lipinski definition) is 3. The van der Waals surface area contributed by atoms with Gasteiger partial charge in [0.05, 0.1) is 11.5 Å². The van der Waals surface area contributed by atoms with Gasteiger partial charge in [-0.3, -0.25) is 5.14 Å². The Labute approximate surface area is 178 Å². The van der Waals surface area contributed by atoms with Crippen molar-refractivity contribution in [1.82, 2.24) is 4.98 Å². The van der Waals surface area contributed by atoms with Crippen molar-refractivity contribution in [3.8, 4) is 16.9 Å². The Morgan fingerprint density at radius 3 is 2.86 bits per heavy atom. The average Bonchev–Trinajstić information content (AvgIpc) is 3.52. The maximum atomic E-state index is 8.73. The van der Waals surface area contributed by atoms with Crippen molar-refractivity contribution in [2.45, 2.75) is 24.2 Å². The van der Waals surface area contributed by atoms with Gasteiger partial charge in [-0.2, -0.15) is 11.3 Å². The zero-order valence-corrected chi connectivity index (χ0v) is 17.7. The molecule has 2 aromatic heterocycles. The summed E-state index contributed by atoms with van der Waals surface area (Å²) in [5.41, 5.74) is 6.24. The van der Waals surface area contributed by atoms with Crippen LogP contribution in [0.25, 0.3) is 22.0 Å². The van der Waals surface area contributed by atoms with Crippen LogP contribution in [0.15, 0.2) is 64.3 Å². The monoisotopic (exact) mass is 424 g/mol. The van der Waals surface area contributed by atoms with Crippen LogP contribution in [0.5, 0.6) is 5.75 Å². The molecule has 4 nitrogen and oxygen atoms in total. The van der Waals surface area contributed by atoms with E-state index in [0.29, 0.717) is 0 Å². The second kappa shape index (κ2) is 9.50. The van der Waals surface area contributed by atoms with E-state index in [1.165, 1.54) is 45.1 Å². The molecule has 0 spiro atoms. The zero-order chi connectivity index (χ0) is 20.1. The van der Waals surface area contributed by atoms with Crippen molar-refractivity contribution in [2.24, 2.45) is 5.14 Å². The highest BCUT2D eigenvalue weighted by molar-refractivity contribution is 7.97. The van der Waals surface area contributed by atoms with Gasteiger partial charge in [-0.1, -0.05) is 18.2 Å². The summed E-state index contributed by atoms with van der Waals surface area (Å²) >= 11 is 2.98. The summed E-state index contributed by atoms with van der Waals surface area (Å²) in [5.74, 6) is 0.978. The van der Waals surface area contributed by atoms with E-state index < -0.39 is 0 Å². The van der Waals surface area contributed by atoms with Gasteiger partial charge in [0, 0.05) is 30.1 Å². The molecule has 4 aromatic rings. The second-order valence-corrected chi connectivity index (χ2v) is 8.33. The number of aliphatic hydroxyl groups is 1. The van der Waals surface area contributed by atoms with Crippen molar-refractivity contribution in [3.63, 3.8) is 0 Å². The Hall–Kier alpha value is -2.25. The lowest BCUT2D eigenvalue weighted by Crippen LogP contribution is -1.89. The first-order valence-corrected chi connectivity index (χ1v) is 11.5. The van der Waals surface area contributed by atoms with Crippen molar-refractivity contribution in [2.75, 3.05) is 13.2 Å². The first-order valence-electron chi connectivity index (χ1n) is 9.65. The van der Waals surface area contributed by atoms with Gasteiger partial charge in [-0.25, -0.2) is 0 Å². The molecular formula is C23H24N2O2S2. The van der Waals surface area contributed by atoms with Crippen molar-refractivity contribution < 1.29 is 9.84 Å². The van der Waals surface area contributed by atoms with Gasteiger partial charge in [-0.05, 0) is 82.1 Å². The van der Waals surface area contributed by atoms with E-state index in [9.17, 15) is 0 Å². The van der Waals surface area contributed by atoms with E-state index in [2.05, 4.69) is 46.1 Å². The first kappa shape index (κ1) is 20.0. The third kappa shape index (κ3) is 4.51. The second-order valence-electron chi connectivity index (χ2n) is 6.88. The number of para-hydroxylation sites is 1. The standard InChI is InChI=1S/C12H11NOS2.C11H13NO/c13-16-11-6-10(9-2-4-15-7-9)5-8-1-3-14-12(8)11;13-7-3-4-9-8-12-11-6-2-1-5-10(9)11/h2,4-7H,1,3,13H2;1-2,5-6,8,12-13H,3-4,7H2. The van der Waals surface area contributed by atoms with E-state index in [1.807, 2.05) is 18.3 Å². The molecule has 0 saturated heterocycles. The molecule has 0 saturated carbocycles. The predicted octanol–water partition coefficient (Wildman–Crippen LogP) is 5.41. The third-order valence-corrected chi connectivity index (χ3v) is 6.25. The number of benzene rings is 2. The van der Waals surface area contributed by atoms with Crippen LogP contribution in [-0.2, 0) is 12.8 Å². The lowest BCUT2D eigenvalue weighted by Gasteiger charge is -2.07. The number of rotatable bonds is 5. The summed E-state index contributed by atoms with van der Waals surface area (Å²) in [4.78, 5) is 4.25. The van der Waals surface area contributed by atoms with Gasteiger partial charge in [0.25, 0.3) is 0 Å². The minimum atomic E-state index is 0.263. The molecule has 4 N–H and O–H groups in total. The largest absolute Gasteiger partial charge is 0.492 e. The molecule has 1 aliphatic rings. The van der Waals surface area contributed by atoms with E-state index in [0.717, 1.165) is 36.5 Å². The normalized spacial score (nSPS) is 12.3. The molecule has 150 valence electrons. The number of hydrogen-bond acceptors (Lipinski definition) is 5. The fraction of sp³-hybridized carbons (Fsp3) is 0.217. The van der Waals surface area contributed by atoms with E-state index in [4.69, 9.17) is 15.0 Å². The van der Waals surface area contributed by atoms with E-state index in [1.54, 1.807) is 11.3 Å². The molecule has 0 unspecified atom stereocenters. The van der Waals surface area contributed by atoms with Crippen LogP contribution in [-0.4, -0.2) is 23.3 Å². The Kier molecular flexibility index (Phi) is 6.56. The Morgan fingerprint density at radius 2 is 2.07 bits per heavy atom. The number of thiophene rings is 1. The van der Waals surface area contributed by atoms with Crippen molar-refractivity contribution >= 4 is 34.2 Å². The molecule has 0 atom stereocenters. The summed E-state index contributed by atoms with van der Waals surface area (Å²) in [6, 6.07) is 14.7. The number of H-pyrrole nitrogens is 1. The SMILES string of the molecule is NSc1cc(-c2ccsc2)cc2c1OCC2.OCCCc1c[nH]c2ccccc12. The van der Waals surface area contributed by atoms with Crippen LogP contribution in [0.2, 0.25) is 0 Å². The third-order valence-electron chi connectivity index (χ3n) is 5.01. The van der Waals surface area contributed by atoms with Crippen LogP contribution >= 0.6 is 23.3 Å². The number of aryl methyl sites for hydroxylation is 1. The fourth-order valence-corrected chi connectivity index (χ4v) is 4.72. The van der Waals surface area contributed by atoms with Gasteiger partial charge in [0.15, 0.2) is 0 Å². The molecule has 0 radical (unpaired) electrons. The zero-order valence-electron chi connectivity index (χ0n) is 16.1. The number of nitrogens with two attached hydrogens (primary N) is 1. The van der Waals surface area contributed by atoms with Gasteiger partial charge in [0.2, 0.25) is 0 Å². The Bertz CT molecular complexity index is 1070. The first-order chi connectivity index (χ1) is 14.3. The van der Waals surface area contributed by atoms with E-state index >= 15 is 0 Å². The summed E-state index contributed by atoms with van der Waals surface area (Å²) in [7, 11) is 0. The number of aliphatic hydroxyl groups excluding tert-OH is 1. The van der Waals surface area contributed by atoms with Crippen molar-refractivity contribution in [1.29, 1.82) is 0 Å². The van der Waals surface area contributed by atoms with Crippen LogP contribution < -0.4 is 9.88 Å². The number of nitrogens with one attached hydrogen (secondary N) is 1. The summed E-state index contributed by atoms with van der Waals surface area (Å²) in [6.45, 7) is 1.04. The number of aromatic amines is 1. The lowest BCUT2D eigenvalue weighted by molar-refractivity contribution is 0.289. The molecule has 6 heteroatoms. The summed E-state index contributed by atoms with van der Waals surface area (Å²) in [6.07, 6.45) is 4.80. The van der Waals surface area contributed by atoms with Crippen LogP contribution in [0.3, 0.4) is 0 Å². The minimum Gasteiger partial charge on any atom is -0.492 e. The van der Waals surface area contributed by atoms with E-state index in [-0.39, 0.29) is 6.61 Å². The molecule has 29 heavy (non-hydrogen) atoms. The molecule has 0 fully saturated rings. The quantitative estimate of drug-likeness (QED) is 0.375. The number of fused-ring (bicyclic) bond motifs is 2. The smallest absolute Gasteiger partial charge is 0.137 e. The van der Waals surface area contributed by atoms with Gasteiger partial charge >= 0.3 is 0 Å². The van der Waals surface area contributed by atoms with Gasteiger partial charge in [0.1, 0.15) is 5.75 Å². The number of aromatic nitrogens is 1. The molecule has 5 rings (SSSR count). The molecule has 0 bridgehead atoms. The van der Waals surface area contributed by atoms with Crippen LogP contribution in [0.4, 0.5) is 0 Å². The Morgan fingerprint density at radius 1 is 1.17 bits per heavy atom. The minimum absolute atomic E-state index is 0.263. The highest BCUT2D eigenvalue weighted by Gasteiger charge is 2.18. The summed E-state index contributed by atoms with van der Waals surface area (Å²) in [5, 5.41) is 19.9. The van der Waals surface area contributed by atoms with Gasteiger partial charge in [-0.15, -0.1) is 0 Å². The molecular weight excluding hydrogens is 400 g/mol. The molecule has 0 aliphatic carbocycles. The highest BCUT2D eigenvalue weighted by atomic mass is 32.2. The van der Waals surface area contributed by atoms with Crippen LogP contribution in [0, 0.1) is 0 Å². The highest BCUT2D eigenvalue weighted by Crippen LogP contribution is 2.38. The molecule has 0 amide bonds. The Balaban J connectivity index is 0.000000145. The average molecular weight is 425 g/mol. The topological polar surface area (TPSA) is 71.3 Å². The van der Waals surface area contributed by atoms with Crippen LogP contribution in [0.1, 0.15) is 17.5 Å². The maximum Gasteiger partial charge on any atom is 0.137 e.